The van der Waals surface area contributed by atoms with Gasteiger partial charge in [-0.05, 0) is 46.7 Å². The Hall–Kier alpha value is -3.35. The predicted octanol–water partition coefficient (Wildman–Crippen LogP) is 2.75. The second-order valence-corrected chi connectivity index (χ2v) is 5.89. The number of ether oxygens (including phenoxy) is 1. The summed E-state index contributed by atoms with van der Waals surface area (Å²) in [5, 5.41) is 25.0. The number of tetrazole rings is 1. The molecular weight excluding hydrogens is 318 g/mol. The third-order valence-electron chi connectivity index (χ3n) is 4.24. The van der Waals surface area contributed by atoms with E-state index >= 15 is 0 Å². The maximum absolute atomic E-state index is 9.84. The molecule has 3 aromatic rings. The fraction of sp³-hybridized carbons (Fsp3) is 0.167. The second-order valence-electron chi connectivity index (χ2n) is 5.89. The zero-order chi connectivity index (χ0) is 17.4. The van der Waals surface area contributed by atoms with E-state index in [1.54, 1.807) is 16.8 Å². The first kappa shape index (κ1) is 15.2. The molecule has 1 aliphatic rings. The summed E-state index contributed by atoms with van der Waals surface area (Å²) in [5.74, 6) is 1.07. The van der Waals surface area contributed by atoms with Crippen LogP contribution in [0.15, 0.2) is 48.5 Å². The van der Waals surface area contributed by atoms with E-state index in [0.29, 0.717) is 11.7 Å². The van der Waals surface area contributed by atoms with Crippen LogP contribution in [-0.4, -0.2) is 32.4 Å². The van der Waals surface area contributed by atoms with Gasteiger partial charge >= 0.3 is 0 Å². The van der Waals surface area contributed by atoms with Gasteiger partial charge in [0.1, 0.15) is 6.04 Å². The first-order valence-corrected chi connectivity index (χ1v) is 7.86. The van der Waals surface area contributed by atoms with Gasteiger partial charge in [-0.1, -0.05) is 41.0 Å². The SMILES string of the molecule is COc1cc([C@H]2C=C(c3ccc(C)cc3)Nc3nnnn32)ccc1O. The number of nitrogens with zero attached hydrogens (tertiary/aromatic N) is 4. The Morgan fingerprint density at radius 2 is 1.96 bits per heavy atom. The molecule has 7 nitrogen and oxygen atoms in total. The van der Waals surface area contributed by atoms with Gasteiger partial charge in [-0.2, -0.15) is 4.68 Å². The Balaban J connectivity index is 1.81. The Labute approximate surface area is 144 Å². The van der Waals surface area contributed by atoms with E-state index in [9.17, 15) is 5.11 Å². The number of anilines is 1. The van der Waals surface area contributed by atoms with E-state index in [4.69, 9.17) is 4.74 Å². The van der Waals surface area contributed by atoms with Crippen molar-refractivity contribution >= 4 is 11.6 Å². The van der Waals surface area contributed by atoms with Crippen LogP contribution < -0.4 is 10.1 Å². The number of fused-ring (bicyclic) bond motifs is 1. The van der Waals surface area contributed by atoms with Crippen LogP contribution in [0.2, 0.25) is 0 Å². The number of hydrogen-bond donors (Lipinski definition) is 2. The van der Waals surface area contributed by atoms with Gasteiger partial charge in [-0.25, -0.2) is 0 Å². The second kappa shape index (κ2) is 5.94. The van der Waals surface area contributed by atoms with E-state index in [2.05, 4.69) is 58.1 Å². The number of methoxy groups -OCH3 is 1. The maximum Gasteiger partial charge on any atom is 0.248 e. The molecule has 2 aromatic carbocycles. The minimum absolute atomic E-state index is 0.0971. The molecule has 126 valence electrons. The van der Waals surface area contributed by atoms with Gasteiger partial charge in [0, 0.05) is 5.70 Å². The number of phenolic OH excluding ortho intramolecular Hbond substituents is 1. The number of phenols is 1. The maximum atomic E-state index is 9.84. The van der Waals surface area contributed by atoms with E-state index in [0.717, 1.165) is 16.8 Å². The van der Waals surface area contributed by atoms with E-state index < -0.39 is 0 Å². The molecule has 0 saturated carbocycles. The summed E-state index contributed by atoms with van der Waals surface area (Å²) in [5.41, 5.74) is 4.09. The summed E-state index contributed by atoms with van der Waals surface area (Å²) < 4.78 is 6.92. The summed E-state index contributed by atoms with van der Waals surface area (Å²) in [6.45, 7) is 2.05. The number of nitrogens with one attached hydrogen (secondary N) is 1. The zero-order valence-corrected chi connectivity index (χ0v) is 13.8. The molecule has 0 aliphatic carbocycles. The number of rotatable bonds is 3. The van der Waals surface area contributed by atoms with Crippen LogP contribution in [0.5, 0.6) is 11.5 Å². The van der Waals surface area contributed by atoms with Crippen molar-refractivity contribution in [1.29, 1.82) is 0 Å². The lowest BCUT2D eigenvalue weighted by Crippen LogP contribution is -2.20. The largest absolute Gasteiger partial charge is 0.504 e. The van der Waals surface area contributed by atoms with Crippen molar-refractivity contribution in [3.63, 3.8) is 0 Å². The number of hydrogen-bond acceptors (Lipinski definition) is 6. The highest BCUT2D eigenvalue weighted by Crippen LogP contribution is 2.35. The lowest BCUT2D eigenvalue weighted by molar-refractivity contribution is 0.372. The first-order valence-electron chi connectivity index (χ1n) is 7.86. The van der Waals surface area contributed by atoms with Crippen molar-refractivity contribution in [2.75, 3.05) is 12.4 Å². The quantitative estimate of drug-likeness (QED) is 0.765. The van der Waals surface area contributed by atoms with Crippen molar-refractivity contribution in [1.82, 2.24) is 20.2 Å². The van der Waals surface area contributed by atoms with Crippen molar-refractivity contribution < 1.29 is 9.84 Å². The molecule has 1 atom stereocenters. The van der Waals surface area contributed by atoms with Gasteiger partial charge in [0.15, 0.2) is 11.5 Å². The van der Waals surface area contributed by atoms with Crippen LogP contribution in [-0.2, 0) is 0 Å². The molecule has 2 heterocycles. The van der Waals surface area contributed by atoms with Gasteiger partial charge in [0.2, 0.25) is 5.95 Å². The Kier molecular flexibility index (Phi) is 3.61. The molecule has 7 heteroatoms. The topological polar surface area (TPSA) is 85.1 Å². The van der Waals surface area contributed by atoms with Crippen LogP contribution in [0.3, 0.4) is 0 Å². The molecule has 0 bridgehead atoms. The Morgan fingerprint density at radius 1 is 1.16 bits per heavy atom. The van der Waals surface area contributed by atoms with Crippen molar-refractivity contribution in [2.24, 2.45) is 0 Å². The van der Waals surface area contributed by atoms with E-state index in [-0.39, 0.29) is 11.8 Å². The number of benzene rings is 2. The van der Waals surface area contributed by atoms with Crippen molar-refractivity contribution in [3.05, 3.63) is 65.2 Å². The van der Waals surface area contributed by atoms with Gasteiger partial charge in [-0.15, -0.1) is 0 Å². The van der Waals surface area contributed by atoms with Crippen LogP contribution >= 0.6 is 0 Å². The minimum Gasteiger partial charge on any atom is -0.504 e. The summed E-state index contributed by atoms with van der Waals surface area (Å²) in [6.07, 6.45) is 2.06. The van der Waals surface area contributed by atoms with Gasteiger partial charge in [0.05, 0.1) is 7.11 Å². The standard InChI is InChI=1S/C18H17N5O2/c1-11-3-5-12(6-4-11)14-10-15(23-18(19-14)20-21-22-23)13-7-8-16(24)17(9-13)25-2/h3-10,15,24H,1-2H3,(H,19,20,22)/t15-/m1/s1. The fourth-order valence-electron chi connectivity index (χ4n) is 2.87. The predicted molar refractivity (Wildman–Crippen MR) is 93.4 cm³/mol. The van der Waals surface area contributed by atoms with Crippen molar-refractivity contribution in [2.45, 2.75) is 13.0 Å². The molecule has 1 aliphatic heterocycles. The minimum atomic E-state index is -0.211. The fourth-order valence-corrected chi connectivity index (χ4v) is 2.87. The zero-order valence-electron chi connectivity index (χ0n) is 13.8. The Bertz CT molecular complexity index is 946. The molecule has 0 fully saturated rings. The smallest absolute Gasteiger partial charge is 0.248 e. The average Bonchev–Trinajstić information content (AvgIpc) is 3.10. The van der Waals surface area contributed by atoms with E-state index in [1.807, 2.05) is 6.07 Å². The van der Waals surface area contributed by atoms with Crippen LogP contribution in [0.1, 0.15) is 22.7 Å². The van der Waals surface area contributed by atoms with E-state index in [1.165, 1.54) is 12.7 Å². The number of aryl methyl sites for hydroxylation is 1. The van der Waals surface area contributed by atoms with Crippen LogP contribution in [0.4, 0.5) is 5.95 Å². The highest BCUT2D eigenvalue weighted by Gasteiger charge is 2.25. The summed E-state index contributed by atoms with van der Waals surface area (Å²) in [7, 11) is 1.53. The lowest BCUT2D eigenvalue weighted by atomic mass is 10.0. The average molecular weight is 335 g/mol. The molecule has 0 radical (unpaired) electrons. The number of aromatic nitrogens is 4. The van der Waals surface area contributed by atoms with Gasteiger partial charge in [0.25, 0.3) is 0 Å². The molecule has 4 rings (SSSR count). The normalized spacial score (nSPS) is 15.9. The van der Waals surface area contributed by atoms with Crippen LogP contribution in [0.25, 0.3) is 5.70 Å². The van der Waals surface area contributed by atoms with Crippen LogP contribution in [0, 0.1) is 6.92 Å². The molecule has 0 spiro atoms. The number of allylic oxidation sites excluding steroid dienone is 1. The third kappa shape index (κ3) is 2.69. The summed E-state index contributed by atoms with van der Waals surface area (Å²) >= 11 is 0. The summed E-state index contributed by atoms with van der Waals surface area (Å²) in [6, 6.07) is 13.3. The Morgan fingerprint density at radius 3 is 2.72 bits per heavy atom. The molecule has 25 heavy (non-hydrogen) atoms. The molecule has 0 amide bonds. The molecule has 0 unspecified atom stereocenters. The first-order chi connectivity index (χ1) is 12.2. The molecule has 0 saturated heterocycles. The van der Waals surface area contributed by atoms with Crippen molar-refractivity contribution in [3.8, 4) is 11.5 Å². The third-order valence-corrected chi connectivity index (χ3v) is 4.24. The molecule has 1 aromatic heterocycles. The van der Waals surface area contributed by atoms with Gasteiger partial charge in [-0.3, -0.25) is 0 Å². The molecule has 2 N–H and O–H groups in total. The molecular formula is C18H17N5O2. The highest BCUT2D eigenvalue weighted by molar-refractivity contribution is 5.77. The lowest BCUT2D eigenvalue weighted by Gasteiger charge is -2.24. The summed E-state index contributed by atoms with van der Waals surface area (Å²) in [4.78, 5) is 0. The highest BCUT2D eigenvalue weighted by atomic mass is 16.5. The monoisotopic (exact) mass is 335 g/mol. The number of aromatic hydroxyl groups is 1. The van der Waals surface area contributed by atoms with Gasteiger partial charge < -0.3 is 15.2 Å².